The number of benzene rings is 1. The largest absolute Gasteiger partial charge is 0.482 e. The van der Waals surface area contributed by atoms with Gasteiger partial charge in [-0.2, -0.15) is 0 Å². The molecule has 7 nitrogen and oxygen atoms in total. The molecule has 2 aliphatic heterocycles. The number of carbonyl (C=O) groups is 1. The van der Waals surface area contributed by atoms with E-state index in [2.05, 4.69) is 23.6 Å². The highest BCUT2D eigenvalue weighted by Crippen LogP contribution is 2.30. The van der Waals surface area contributed by atoms with Crippen LogP contribution in [0.1, 0.15) is 19.4 Å². The van der Waals surface area contributed by atoms with Crippen LogP contribution in [0.4, 0.5) is 0 Å². The zero-order chi connectivity index (χ0) is 19.6. The number of carboxylic acids is 1. The fourth-order valence-corrected chi connectivity index (χ4v) is 6.16. The third-order valence-electron chi connectivity index (χ3n) is 5.20. The van der Waals surface area contributed by atoms with Gasteiger partial charge in [0, 0.05) is 43.8 Å². The Balaban J connectivity index is 1.77. The number of ether oxygens (including phenoxy) is 1. The minimum atomic E-state index is -3.05. The molecule has 0 unspecified atom stereocenters. The minimum absolute atomic E-state index is 0.0262. The molecule has 3 rings (SSSR count). The van der Waals surface area contributed by atoms with E-state index in [-0.39, 0.29) is 30.2 Å². The van der Waals surface area contributed by atoms with E-state index in [0.717, 1.165) is 25.2 Å². The third-order valence-corrected chi connectivity index (χ3v) is 6.90. The number of carboxylic acid groups (broad SMARTS) is 1. The summed E-state index contributed by atoms with van der Waals surface area (Å²) in [6.07, 6.45) is 0. The Bertz CT molecular complexity index is 780. The van der Waals surface area contributed by atoms with Crippen molar-refractivity contribution in [3.05, 3.63) is 29.8 Å². The molecule has 1 aromatic rings. The monoisotopic (exact) mass is 396 g/mol. The summed E-state index contributed by atoms with van der Waals surface area (Å²) in [7, 11) is -3.05. The van der Waals surface area contributed by atoms with E-state index >= 15 is 0 Å². The van der Waals surface area contributed by atoms with Gasteiger partial charge in [0.25, 0.3) is 0 Å². The van der Waals surface area contributed by atoms with E-state index in [9.17, 15) is 13.2 Å². The highest BCUT2D eigenvalue weighted by atomic mass is 32.2. The van der Waals surface area contributed by atoms with E-state index < -0.39 is 15.8 Å². The molecule has 150 valence electrons. The van der Waals surface area contributed by atoms with Gasteiger partial charge in [0.05, 0.1) is 11.5 Å². The summed E-state index contributed by atoms with van der Waals surface area (Å²) in [5, 5.41) is 8.86. The van der Waals surface area contributed by atoms with Gasteiger partial charge in [-0.25, -0.2) is 13.2 Å². The maximum Gasteiger partial charge on any atom is 0.341 e. The highest BCUT2D eigenvalue weighted by Gasteiger charge is 2.46. The lowest BCUT2D eigenvalue weighted by atomic mass is 10.0. The van der Waals surface area contributed by atoms with Crippen molar-refractivity contribution < 1.29 is 23.1 Å². The van der Waals surface area contributed by atoms with Crippen LogP contribution in [0.3, 0.4) is 0 Å². The molecule has 8 heteroatoms. The first-order chi connectivity index (χ1) is 12.7. The Morgan fingerprint density at radius 2 is 1.81 bits per heavy atom. The molecule has 0 amide bonds. The van der Waals surface area contributed by atoms with E-state index in [0.29, 0.717) is 18.2 Å². The first-order valence-corrected chi connectivity index (χ1v) is 11.2. The van der Waals surface area contributed by atoms with Gasteiger partial charge in [0.15, 0.2) is 16.4 Å². The zero-order valence-electron chi connectivity index (χ0n) is 15.9. The average Bonchev–Trinajstić information content (AvgIpc) is 2.91. The predicted octanol–water partition coefficient (Wildman–Crippen LogP) is 1.09. The number of fused-ring (bicyclic) bond motifs is 1. The molecule has 2 fully saturated rings. The molecule has 0 saturated carbocycles. The summed E-state index contributed by atoms with van der Waals surface area (Å²) >= 11 is 0. The lowest BCUT2D eigenvalue weighted by Crippen LogP contribution is -2.59. The molecule has 1 N–H and O–H groups in total. The third kappa shape index (κ3) is 5.00. The normalized spacial score (nSPS) is 25.4. The second-order valence-electron chi connectivity index (χ2n) is 7.86. The van der Waals surface area contributed by atoms with Crippen molar-refractivity contribution in [1.29, 1.82) is 0 Å². The fraction of sp³-hybridized carbons (Fsp3) is 0.632. The topological polar surface area (TPSA) is 87.2 Å². The molecule has 1 aromatic carbocycles. The van der Waals surface area contributed by atoms with Crippen molar-refractivity contribution >= 4 is 15.8 Å². The van der Waals surface area contributed by atoms with Crippen LogP contribution in [0.15, 0.2) is 24.3 Å². The van der Waals surface area contributed by atoms with Gasteiger partial charge in [0.2, 0.25) is 0 Å². The number of para-hydroxylation sites is 1. The number of sulfone groups is 1. The smallest absolute Gasteiger partial charge is 0.341 e. The Hall–Kier alpha value is -1.64. The van der Waals surface area contributed by atoms with E-state index in [1.165, 1.54) is 0 Å². The van der Waals surface area contributed by atoms with E-state index in [1.807, 2.05) is 18.2 Å². The van der Waals surface area contributed by atoms with Crippen LogP contribution in [0, 0.1) is 5.92 Å². The summed E-state index contributed by atoms with van der Waals surface area (Å²) in [5.74, 6) is 0.421. The molecule has 0 spiro atoms. The molecule has 2 atom stereocenters. The fourth-order valence-electron chi connectivity index (χ4n) is 4.12. The van der Waals surface area contributed by atoms with Crippen LogP contribution < -0.4 is 4.74 Å². The van der Waals surface area contributed by atoms with Crippen LogP contribution >= 0.6 is 0 Å². The van der Waals surface area contributed by atoms with Crippen LogP contribution in [-0.2, 0) is 21.2 Å². The lowest BCUT2D eigenvalue weighted by molar-refractivity contribution is -0.139. The van der Waals surface area contributed by atoms with E-state index in [1.54, 1.807) is 6.07 Å². The molecule has 0 aromatic heterocycles. The standard InChI is InChI=1S/C19H28N2O5S/c1-14(2)9-20-7-8-21(17-13-27(24,25)12-16(17)20)10-15-5-3-4-6-18(15)26-11-19(22)23/h3-6,14,16-17H,7-13H2,1-2H3,(H,22,23)/t16-,17+/m1/s1. The van der Waals surface area contributed by atoms with Crippen molar-refractivity contribution in [1.82, 2.24) is 9.80 Å². The van der Waals surface area contributed by atoms with Gasteiger partial charge in [-0.3, -0.25) is 9.80 Å². The summed E-state index contributed by atoms with van der Waals surface area (Å²) in [4.78, 5) is 15.4. The maximum absolute atomic E-state index is 12.3. The first kappa shape index (κ1) is 20.1. The molecule has 2 saturated heterocycles. The molecular weight excluding hydrogens is 368 g/mol. The Labute approximate surface area is 160 Å². The quantitative estimate of drug-likeness (QED) is 0.738. The second-order valence-corrected chi connectivity index (χ2v) is 10.0. The average molecular weight is 397 g/mol. The van der Waals surface area contributed by atoms with Crippen molar-refractivity contribution in [2.75, 3.05) is 37.7 Å². The summed E-state index contributed by atoms with van der Waals surface area (Å²) in [5.41, 5.74) is 0.888. The predicted molar refractivity (Wildman–Crippen MR) is 103 cm³/mol. The first-order valence-electron chi connectivity index (χ1n) is 9.36. The van der Waals surface area contributed by atoms with Crippen molar-refractivity contribution in [3.63, 3.8) is 0 Å². The molecule has 2 heterocycles. The van der Waals surface area contributed by atoms with Crippen LogP contribution in [-0.4, -0.2) is 79.1 Å². The number of rotatable bonds is 7. The second kappa shape index (κ2) is 8.16. The zero-order valence-corrected chi connectivity index (χ0v) is 16.7. The molecule has 2 aliphatic rings. The number of aliphatic carboxylic acids is 1. The number of nitrogens with zero attached hydrogens (tertiary/aromatic N) is 2. The number of hydrogen-bond donors (Lipinski definition) is 1. The Morgan fingerprint density at radius 1 is 1.19 bits per heavy atom. The molecule has 0 radical (unpaired) electrons. The van der Waals surface area contributed by atoms with Crippen molar-refractivity contribution in [2.45, 2.75) is 32.5 Å². The van der Waals surface area contributed by atoms with Crippen LogP contribution in [0.5, 0.6) is 5.75 Å². The summed E-state index contributed by atoms with van der Waals surface area (Å²) in [6, 6.07) is 7.37. The van der Waals surface area contributed by atoms with Crippen molar-refractivity contribution in [2.24, 2.45) is 5.92 Å². The maximum atomic E-state index is 12.3. The van der Waals surface area contributed by atoms with Crippen LogP contribution in [0.25, 0.3) is 0 Å². The van der Waals surface area contributed by atoms with Gasteiger partial charge < -0.3 is 9.84 Å². The van der Waals surface area contributed by atoms with Gasteiger partial charge in [-0.05, 0) is 12.0 Å². The summed E-state index contributed by atoms with van der Waals surface area (Å²) < 4.78 is 30.1. The van der Waals surface area contributed by atoms with Crippen molar-refractivity contribution in [3.8, 4) is 5.75 Å². The SMILES string of the molecule is CC(C)CN1CCN(Cc2ccccc2OCC(=O)O)[C@H]2CS(=O)(=O)C[C@H]21. The van der Waals surface area contributed by atoms with E-state index in [4.69, 9.17) is 9.84 Å². The molecular formula is C19H28N2O5S. The number of hydrogen-bond acceptors (Lipinski definition) is 6. The number of piperazine rings is 1. The highest BCUT2D eigenvalue weighted by molar-refractivity contribution is 7.91. The minimum Gasteiger partial charge on any atom is -0.482 e. The van der Waals surface area contributed by atoms with Crippen LogP contribution in [0.2, 0.25) is 0 Å². The Kier molecular flexibility index (Phi) is 6.08. The van der Waals surface area contributed by atoms with Gasteiger partial charge in [-0.15, -0.1) is 0 Å². The van der Waals surface area contributed by atoms with Gasteiger partial charge >= 0.3 is 5.97 Å². The molecule has 0 aliphatic carbocycles. The molecule has 27 heavy (non-hydrogen) atoms. The summed E-state index contributed by atoms with van der Waals surface area (Å²) in [6.45, 7) is 7.01. The Morgan fingerprint density at radius 3 is 2.48 bits per heavy atom. The lowest BCUT2D eigenvalue weighted by Gasteiger charge is -2.44. The van der Waals surface area contributed by atoms with Gasteiger partial charge in [0.1, 0.15) is 5.75 Å². The van der Waals surface area contributed by atoms with Gasteiger partial charge in [-0.1, -0.05) is 32.0 Å². The molecule has 0 bridgehead atoms.